The van der Waals surface area contributed by atoms with Crippen LogP contribution < -0.4 is 15.5 Å². The van der Waals surface area contributed by atoms with E-state index in [1.165, 1.54) is 0 Å². The van der Waals surface area contributed by atoms with Crippen LogP contribution in [0.5, 0.6) is 0 Å². The summed E-state index contributed by atoms with van der Waals surface area (Å²) < 4.78 is 5.88. The highest BCUT2D eigenvalue weighted by molar-refractivity contribution is 6.30. The van der Waals surface area contributed by atoms with Crippen LogP contribution in [0.15, 0.2) is 42.7 Å². The zero-order valence-corrected chi connectivity index (χ0v) is 18.2. The van der Waals surface area contributed by atoms with E-state index in [1.807, 2.05) is 0 Å². The Balaban J connectivity index is 1.35. The molecule has 172 valence electrons. The average Bonchev–Trinajstić information content (AvgIpc) is 3.13. The van der Waals surface area contributed by atoms with Gasteiger partial charge in [-0.25, -0.2) is 14.8 Å². The van der Waals surface area contributed by atoms with Gasteiger partial charge in [0.25, 0.3) is 0 Å². The summed E-state index contributed by atoms with van der Waals surface area (Å²) in [4.78, 5) is 25.2. The number of nitrogens with zero attached hydrogens (tertiary/aromatic N) is 4. The summed E-state index contributed by atoms with van der Waals surface area (Å²) in [7, 11) is 0. The molecule has 2 fully saturated rings. The predicted molar refractivity (Wildman–Crippen MR) is 120 cm³/mol. The first-order valence-corrected chi connectivity index (χ1v) is 10.9. The molecular weight excluding hydrogens is 436 g/mol. The van der Waals surface area contributed by atoms with Crippen LogP contribution in [-0.4, -0.2) is 94.8 Å². The van der Waals surface area contributed by atoms with Gasteiger partial charge in [-0.2, -0.15) is 0 Å². The molecule has 11 heteroatoms. The number of rotatable bonds is 6. The number of hydrogen-bond donors (Lipinski definition) is 4. The Morgan fingerprint density at radius 3 is 2.59 bits per heavy atom. The third-order valence-electron chi connectivity index (χ3n) is 5.76. The summed E-state index contributed by atoms with van der Waals surface area (Å²) in [6, 6.07) is 7.89. The van der Waals surface area contributed by atoms with Gasteiger partial charge in [0.2, 0.25) is 5.95 Å². The van der Waals surface area contributed by atoms with Gasteiger partial charge in [0.1, 0.15) is 12.2 Å². The quantitative estimate of drug-likeness (QED) is 0.491. The number of hydrogen-bond acceptors (Lipinski definition) is 8. The normalized spacial score (nSPS) is 26.2. The molecule has 1 aromatic carbocycles. The Morgan fingerprint density at radius 1 is 1.16 bits per heavy atom. The third-order valence-corrected chi connectivity index (χ3v) is 5.99. The maximum atomic E-state index is 12.3. The van der Waals surface area contributed by atoms with Crippen molar-refractivity contribution in [1.82, 2.24) is 20.2 Å². The van der Waals surface area contributed by atoms with Crippen molar-refractivity contribution in [3.8, 4) is 0 Å². The van der Waals surface area contributed by atoms with E-state index in [2.05, 4.69) is 30.4 Å². The molecule has 3 heterocycles. The fourth-order valence-electron chi connectivity index (χ4n) is 4.21. The van der Waals surface area contributed by atoms with Crippen LogP contribution >= 0.6 is 11.6 Å². The number of aromatic nitrogens is 2. The third kappa shape index (κ3) is 5.28. The minimum atomic E-state index is -0.859. The van der Waals surface area contributed by atoms with Gasteiger partial charge in [-0.05, 0) is 24.3 Å². The van der Waals surface area contributed by atoms with Crippen molar-refractivity contribution in [3.05, 3.63) is 47.7 Å². The number of aliphatic hydroxyl groups is 2. The molecule has 2 aliphatic heterocycles. The second-order valence-corrected chi connectivity index (χ2v) is 8.23. The number of urea groups is 1. The first-order valence-electron chi connectivity index (χ1n) is 10.6. The molecule has 0 spiro atoms. The SMILES string of the molecule is O=C(NCC1OC(CO)C(O)C1N1CCN(c2ncccn2)CC1)Nc1cccc(Cl)c1. The first kappa shape index (κ1) is 22.7. The lowest BCUT2D eigenvalue weighted by Crippen LogP contribution is -2.57. The van der Waals surface area contributed by atoms with E-state index in [0.717, 1.165) is 0 Å². The van der Waals surface area contributed by atoms with Crippen LogP contribution in [0.2, 0.25) is 5.02 Å². The van der Waals surface area contributed by atoms with E-state index in [9.17, 15) is 15.0 Å². The Bertz CT molecular complexity index is 899. The van der Waals surface area contributed by atoms with Gasteiger partial charge in [-0.3, -0.25) is 4.90 Å². The van der Waals surface area contributed by atoms with E-state index in [4.69, 9.17) is 16.3 Å². The summed E-state index contributed by atoms with van der Waals surface area (Å²) in [5, 5.41) is 26.4. The summed E-state index contributed by atoms with van der Waals surface area (Å²) >= 11 is 5.95. The molecule has 0 radical (unpaired) electrons. The zero-order chi connectivity index (χ0) is 22.5. The highest BCUT2D eigenvalue weighted by Crippen LogP contribution is 2.27. The molecule has 4 rings (SSSR count). The molecule has 32 heavy (non-hydrogen) atoms. The second-order valence-electron chi connectivity index (χ2n) is 7.79. The predicted octanol–water partition coefficient (Wildman–Crippen LogP) is 0.563. The number of aliphatic hydroxyl groups excluding tert-OH is 2. The lowest BCUT2D eigenvalue weighted by molar-refractivity contribution is -0.0205. The maximum Gasteiger partial charge on any atom is 0.319 e. The lowest BCUT2D eigenvalue weighted by atomic mass is 10.0. The number of nitrogens with one attached hydrogen (secondary N) is 2. The molecule has 2 saturated heterocycles. The van der Waals surface area contributed by atoms with Gasteiger partial charge in [-0.15, -0.1) is 0 Å². The van der Waals surface area contributed by atoms with Crippen molar-refractivity contribution in [2.45, 2.75) is 24.4 Å². The van der Waals surface area contributed by atoms with Crippen molar-refractivity contribution in [3.63, 3.8) is 0 Å². The van der Waals surface area contributed by atoms with Crippen molar-refractivity contribution in [2.24, 2.45) is 0 Å². The average molecular weight is 463 g/mol. The van der Waals surface area contributed by atoms with E-state index >= 15 is 0 Å². The fourth-order valence-corrected chi connectivity index (χ4v) is 4.40. The topological polar surface area (TPSA) is 123 Å². The van der Waals surface area contributed by atoms with E-state index in [-0.39, 0.29) is 19.2 Å². The molecule has 4 N–H and O–H groups in total. The Kier molecular flexibility index (Phi) is 7.38. The van der Waals surface area contributed by atoms with Gasteiger partial charge in [-0.1, -0.05) is 17.7 Å². The second kappa shape index (κ2) is 10.4. The van der Waals surface area contributed by atoms with Crippen molar-refractivity contribution < 1.29 is 19.7 Å². The van der Waals surface area contributed by atoms with E-state index in [0.29, 0.717) is 42.8 Å². The molecule has 1 aromatic heterocycles. The monoisotopic (exact) mass is 462 g/mol. The van der Waals surface area contributed by atoms with Crippen molar-refractivity contribution in [2.75, 3.05) is 49.5 Å². The molecule has 2 amide bonds. The fraction of sp³-hybridized carbons (Fsp3) is 0.476. The summed E-state index contributed by atoms with van der Waals surface area (Å²) in [6.45, 7) is 2.64. The van der Waals surface area contributed by atoms with Crippen LogP contribution in [0.25, 0.3) is 0 Å². The Hall–Kier alpha value is -2.50. The number of halogens is 1. The number of carbonyl (C=O) groups is 1. The Labute approximate surface area is 191 Å². The number of amides is 2. The zero-order valence-electron chi connectivity index (χ0n) is 17.5. The molecule has 0 aliphatic carbocycles. The summed E-state index contributed by atoms with van der Waals surface area (Å²) in [5.74, 6) is 0.680. The van der Waals surface area contributed by atoms with Crippen LogP contribution in [0.4, 0.5) is 16.4 Å². The van der Waals surface area contributed by atoms with E-state index < -0.39 is 24.3 Å². The molecule has 4 unspecified atom stereocenters. The minimum Gasteiger partial charge on any atom is -0.394 e. The van der Waals surface area contributed by atoms with Crippen LogP contribution in [-0.2, 0) is 4.74 Å². The molecule has 4 atom stereocenters. The number of anilines is 2. The van der Waals surface area contributed by atoms with Crippen molar-refractivity contribution in [1.29, 1.82) is 0 Å². The number of ether oxygens (including phenoxy) is 1. The molecule has 0 saturated carbocycles. The largest absolute Gasteiger partial charge is 0.394 e. The van der Waals surface area contributed by atoms with Gasteiger partial charge in [0, 0.05) is 55.8 Å². The molecule has 10 nitrogen and oxygen atoms in total. The molecule has 2 aliphatic rings. The van der Waals surface area contributed by atoms with Crippen LogP contribution in [0.1, 0.15) is 0 Å². The highest BCUT2D eigenvalue weighted by Gasteiger charge is 2.46. The summed E-state index contributed by atoms with van der Waals surface area (Å²) in [5.41, 5.74) is 0.575. The van der Waals surface area contributed by atoms with Gasteiger partial charge >= 0.3 is 6.03 Å². The van der Waals surface area contributed by atoms with E-state index in [1.54, 1.807) is 42.7 Å². The van der Waals surface area contributed by atoms with Crippen LogP contribution in [0, 0.1) is 0 Å². The smallest absolute Gasteiger partial charge is 0.319 e. The molecule has 0 bridgehead atoms. The number of benzene rings is 1. The first-order chi connectivity index (χ1) is 15.5. The Morgan fingerprint density at radius 2 is 1.91 bits per heavy atom. The van der Waals surface area contributed by atoms with Gasteiger partial charge in [0.05, 0.1) is 18.8 Å². The van der Waals surface area contributed by atoms with Gasteiger partial charge < -0.3 is 30.5 Å². The molecule has 2 aromatic rings. The lowest BCUT2D eigenvalue weighted by Gasteiger charge is -2.40. The van der Waals surface area contributed by atoms with Crippen molar-refractivity contribution >= 4 is 29.3 Å². The minimum absolute atomic E-state index is 0.187. The number of piperazine rings is 1. The molecular formula is C21H27ClN6O4. The van der Waals surface area contributed by atoms with Gasteiger partial charge in [0.15, 0.2) is 0 Å². The van der Waals surface area contributed by atoms with Crippen LogP contribution in [0.3, 0.4) is 0 Å². The maximum absolute atomic E-state index is 12.3. The number of carbonyl (C=O) groups excluding carboxylic acids is 1. The summed E-state index contributed by atoms with van der Waals surface area (Å²) in [6.07, 6.45) is 1.41. The highest BCUT2D eigenvalue weighted by atomic mass is 35.5. The standard InChI is InChI=1S/C21H27ClN6O4/c22-14-3-1-4-15(11-14)26-21(31)25-12-16-18(19(30)17(13-29)32-16)27-7-9-28(10-8-27)20-23-5-2-6-24-20/h1-6,11,16-19,29-30H,7-10,12-13H2,(H2,25,26,31).